The highest BCUT2D eigenvalue weighted by Gasteiger charge is 2.23. The topological polar surface area (TPSA) is 93.5 Å². The van der Waals surface area contributed by atoms with Gasteiger partial charge in [0.25, 0.3) is 5.91 Å². The number of carbonyl (C=O) groups excluding carboxylic acids is 1. The van der Waals surface area contributed by atoms with Crippen molar-refractivity contribution in [3.05, 3.63) is 16.6 Å². The maximum absolute atomic E-state index is 12.4. The number of carboxylic acid groups (broad SMARTS) is 1. The van der Waals surface area contributed by atoms with Crippen LogP contribution in [0.1, 0.15) is 42.6 Å². The van der Waals surface area contributed by atoms with Gasteiger partial charge in [0.05, 0.1) is 16.2 Å². The number of thiophene rings is 1. The molecule has 132 valence electrons. The lowest BCUT2D eigenvalue weighted by Crippen LogP contribution is -2.41. The fraction of sp³-hybridized carbons (Fsp3) is 0.562. The lowest BCUT2D eigenvalue weighted by molar-refractivity contribution is -0.140. The van der Waals surface area contributed by atoms with E-state index in [-0.39, 0.29) is 18.6 Å². The molecule has 8 heteroatoms. The smallest absolute Gasteiger partial charge is 0.326 e. The molecule has 0 aliphatic rings. The first kappa shape index (κ1) is 18.4. The van der Waals surface area contributed by atoms with Gasteiger partial charge in [-0.05, 0) is 33.8 Å². The predicted octanol–water partition coefficient (Wildman–Crippen LogP) is 2.33. The number of aromatic nitrogens is 2. The van der Waals surface area contributed by atoms with Crippen LogP contribution in [0, 0.1) is 6.92 Å². The van der Waals surface area contributed by atoms with Crippen molar-refractivity contribution in [2.75, 3.05) is 6.61 Å². The molecule has 0 saturated carbocycles. The van der Waals surface area contributed by atoms with E-state index in [9.17, 15) is 14.7 Å². The number of carboxylic acids is 1. The number of carbonyl (C=O) groups is 2. The maximum atomic E-state index is 12.4. The summed E-state index contributed by atoms with van der Waals surface area (Å²) in [6.07, 6.45) is 0.212. The molecule has 2 N–H and O–H groups in total. The van der Waals surface area contributed by atoms with Crippen LogP contribution in [0.15, 0.2) is 6.07 Å². The Bertz CT molecular complexity index is 723. The Hall–Kier alpha value is -1.93. The van der Waals surface area contributed by atoms with E-state index >= 15 is 0 Å². The summed E-state index contributed by atoms with van der Waals surface area (Å²) in [7, 11) is 1.82. The van der Waals surface area contributed by atoms with Crippen LogP contribution in [-0.2, 0) is 16.6 Å². The summed E-state index contributed by atoms with van der Waals surface area (Å²) in [4.78, 5) is 25.1. The third-order valence-electron chi connectivity index (χ3n) is 3.46. The molecule has 0 spiro atoms. The summed E-state index contributed by atoms with van der Waals surface area (Å²) in [5, 5.41) is 17.1. The van der Waals surface area contributed by atoms with E-state index in [0.717, 1.165) is 15.9 Å². The number of fused-ring (bicyclic) bond motifs is 1. The van der Waals surface area contributed by atoms with Crippen LogP contribution >= 0.6 is 11.3 Å². The van der Waals surface area contributed by atoms with Gasteiger partial charge in [-0.3, -0.25) is 9.48 Å². The standard InChI is InChI=1S/C16H23N3O4S/c1-9-10-8-12(24-14(10)19(5)18-9)13(20)17-11(15(21)22)6-7-23-16(2,3)4/h8,11H,6-7H2,1-5H3,(H,17,20)(H,21,22). The van der Waals surface area contributed by atoms with Gasteiger partial charge in [-0.25, -0.2) is 4.79 Å². The van der Waals surface area contributed by atoms with Crippen LogP contribution in [0.5, 0.6) is 0 Å². The molecular formula is C16H23N3O4S. The predicted molar refractivity (Wildman–Crippen MR) is 92.5 cm³/mol. The fourth-order valence-corrected chi connectivity index (χ4v) is 3.31. The number of amides is 1. The molecule has 0 aliphatic heterocycles. The third kappa shape index (κ3) is 4.33. The summed E-state index contributed by atoms with van der Waals surface area (Å²) >= 11 is 1.30. The van der Waals surface area contributed by atoms with Gasteiger partial charge in [-0.15, -0.1) is 11.3 Å². The Morgan fingerprint density at radius 2 is 2.12 bits per heavy atom. The normalized spacial score (nSPS) is 13.2. The van der Waals surface area contributed by atoms with Crippen LogP contribution < -0.4 is 5.32 Å². The fourth-order valence-electron chi connectivity index (χ4n) is 2.29. The Labute approximate surface area is 144 Å². The van der Waals surface area contributed by atoms with Crippen LogP contribution in [0.4, 0.5) is 0 Å². The Balaban J connectivity index is 2.06. The van der Waals surface area contributed by atoms with E-state index in [2.05, 4.69) is 10.4 Å². The highest BCUT2D eigenvalue weighted by molar-refractivity contribution is 7.20. The Kier molecular flexibility index (Phi) is 5.29. The number of aliphatic carboxylic acids is 1. The zero-order chi connectivity index (χ0) is 18.1. The summed E-state index contributed by atoms with van der Waals surface area (Å²) in [5.74, 6) is -1.46. The zero-order valence-corrected chi connectivity index (χ0v) is 15.4. The summed E-state index contributed by atoms with van der Waals surface area (Å²) in [6, 6.07) is 0.770. The third-order valence-corrected chi connectivity index (χ3v) is 4.67. The first-order valence-electron chi connectivity index (χ1n) is 7.69. The molecule has 0 radical (unpaired) electrons. The minimum absolute atomic E-state index is 0.212. The van der Waals surface area contributed by atoms with Crippen molar-refractivity contribution in [3.63, 3.8) is 0 Å². The minimum Gasteiger partial charge on any atom is -0.480 e. The molecule has 1 atom stereocenters. The van der Waals surface area contributed by atoms with Gasteiger partial charge in [-0.1, -0.05) is 0 Å². The number of ether oxygens (including phenoxy) is 1. The number of rotatable bonds is 6. The number of aryl methyl sites for hydroxylation is 2. The second kappa shape index (κ2) is 6.90. The first-order chi connectivity index (χ1) is 11.1. The first-order valence-corrected chi connectivity index (χ1v) is 8.51. The molecule has 0 aromatic carbocycles. The van der Waals surface area contributed by atoms with Gasteiger partial charge >= 0.3 is 5.97 Å². The van der Waals surface area contributed by atoms with E-state index in [0.29, 0.717) is 4.88 Å². The van der Waals surface area contributed by atoms with E-state index in [1.165, 1.54) is 11.3 Å². The van der Waals surface area contributed by atoms with Crippen molar-refractivity contribution in [1.82, 2.24) is 15.1 Å². The number of hydrogen-bond donors (Lipinski definition) is 2. The number of nitrogens with zero attached hydrogens (tertiary/aromatic N) is 2. The van der Waals surface area contributed by atoms with Crippen LogP contribution in [-0.4, -0.2) is 45.0 Å². The molecule has 1 unspecified atom stereocenters. The number of nitrogens with one attached hydrogen (secondary N) is 1. The lowest BCUT2D eigenvalue weighted by atomic mass is 10.1. The molecule has 0 fully saturated rings. The molecule has 2 aromatic rings. The average Bonchev–Trinajstić information content (AvgIpc) is 2.99. The monoisotopic (exact) mass is 353 g/mol. The van der Waals surface area contributed by atoms with E-state index in [1.54, 1.807) is 10.7 Å². The van der Waals surface area contributed by atoms with Crippen molar-refractivity contribution in [3.8, 4) is 0 Å². The molecule has 2 aromatic heterocycles. The van der Waals surface area contributed by atoms with Crippen molar-refractivity contribution < 1.29 is 19.4 Å². The lowest BCUT2D eigenvalue weighted by Gasteiger charge is -2.21. The van der Waals surface area contributed by atoms with Gasteiger partial charge in [0.15, 0.2) is 0 Å². The summed E-state index contributed by atoms with van der Waals surface area (Å²) in [5.41, 5.74) is 0.499. The molecule has 0 aliphatic carbocycles. The van der Waals surface area contributed by atoms with Gasteiger partial charge in [-0.2, -0.15) is 5.10 Å². The van der Waals surface area contributed by atoms with Gasteiger partial charge in [0.1, 0.15) is 10.9 Å². The van der Waals surface area contributed by atoms with Crippen molar-refractivity contribution in [1.29, 1.82) is 0 Å². The molecule has 7 nitrogen and oxygen atoms in total. The van der Waals surface area contributed by atoms with Crippen molar-refractivity contribution in [2.45, 2.75) is 45.8 Å². The maximum Gasteiger partial charge on any atom is 0.326 e. The molecule has 2 rings (SSSR count). The van der Waals surface area contributed by atoms with Crippen LogP contribution in [0.3, 0.4) is 0 Å². The molecule has 2 heterocycles. The number of hydrogen-bond acceptors (Lipinski definition) is 5. The van der Waals surface area contributed by atoms with Crippen molar-refractivity contribution >= 4 is 33.4 Å². The van der Waals surface area contributed by atoms with E-state index in [4.69, 9.17) is 4.74 Å². The van der Waals surface area contributed by atoms with E-state index in [1.807, 2.05) is 34.7 Å². The molecule has 0 saturated heterocycles. The van der Waals surface area contributed by atoms with Crippen LogP contribution in [0.2, 0.25) is 0 Å². The summed E-state index contributed by atoms with van der Waals surface area (Å²) < 4.78 is 7.26. The molecular weight excluding hydrogens is 330 g/mol. The van der Waals surface area contributed by atoms with Crippen LogP contribution in [0.25, 0.3) is 10.2 Å². The molecule has 24 heavy (non-hydrogen) atoms. The summed E-state index contributed by atoms with van der Waals surface area (Å²) in [6.45, 7) is 7.83. The molecule has 1 amide bonds. The Morgan fingerprint density at radius 3 is 2.67 bits per heavy atom. The van der Waals surface area contributed by atoms with Gasteiger partial charge < -0.3 is 15.2 Å². The zero-order valence-electron chi connectivity index (χ0n) is 14.5. The second-order valence-corrected chi connectivity index (χ2v) is 7.68. The quantitative estimate of drug-likeness (QED) is 0.831. The minimum atomic E-state index is -1.07. The second-order valence-electron chi connectivity index (χ2n) is 6.65. The molecule has 0 bridgehead atoms. The van der Waals surface area contributed by atoms with Crippen molar-refractivity contribution in [2.24, 2.45) is 7.05 Å². The highest BCUT2D eigenvalue weighted by Crippen LogP contribution is 2.27. The highest BCUT2D eigenvalue weighted by atomic mass is 32.1. The SMILES string of the molecule is Cc1nn(C)c2sc(C(=O)NC(CCOC(C)(C)C)C(=O)O)cc12. The average molecular weight is 353 g/mol. The largest absolute Gasteiger partial charge is 0.480 e. The van der Waals surface area contributed by atoms with E-state index < -0.39 is 17.9 Å². The van der Waals surface area contributed by atoms with Gasteiger partial charge in [0, 0.05) is 25.5 Å². The Morgan fingerprint density at radius 1 is 1.46 bits per heavy atom. The van der Waals surface area contributed by atoms with Gasteiger partial charge in [0.2, 0.25) is 0 Å².